The molecule has 6 heteroatoms. The molecule has 1 amide bonds. The second kappa shape index (κ2) is 8.20. The van der Waals surface area contributed by atoms with Gasteiger partial charge >= 0.3 is 5.97 Å². The highest BCUT2D eigenvalue weighted by atomic mass is 16.4. The number of hydrogen-bond donors (Lipinski definition) is 2. The van der Waals surface area contributed by atoms with Gasteiger partial charge in [-0.15, -0.1) is 0 Å². The summed E-state index contributed by atoms with van der Waals surface area (Å²) in [4.78, 5) is 24.0. The third kappa shape index (κ3) is 5.31. The molecule has 0 radical (unpaired) electrons. The summed E-state index contributed by atoms with van der Waals surface area (Å²) in [6.45, 7) is 0.0281. The van der Waals surface area contributed by atoms with Gasteiger partial charge in [0.1, 0.15) is 11.6 Å². The minimum atomic E-state index is -0.980. The summed E-state index contributed by atoms with van der Waals surface area (Å²) in [7, 11) is 1.87. The van der Waals surface area contributed by atoms with Gasteiger partial charge in [0.2, 0.25) is 0 Å². The van der Waals surface area contributed by atoms with Crippen molar-refractivity contribution in [2.24, 2.45) is 0 Å². The van der Waals surface area contributed by atoms with Crippen molar-refractivity contribution >= 4 is 11.9 Å². The molecule has 1 aliphatic rings. The summed E-state index contributed by atoms with van der Waals surface area (Å²) in [5.74, 6) is -1.50. The summed E-state index contributed by atoms with van der Waals surface area (Å²) in [6.07, 6.45) is 7.16. The van der Waals surface area contributed by atoms with Crippen molar-refractivity contribution < 1.29 is 14.7 Å². The average molecular weight is 279 g/mol. The first kappa shape index (κ1) is 16.0. The highest BCUT2D eigenvalue weighted by Crippen LogP contribution is 2.22. The van der Waals surface area contributed by atoms with Crippen LogP contribution in [-0.2, 0) is 9.59 Å². The second-order valence-corrected chi connectivity index (χ2v) is 5.01. The monoisotopic (exact) mass is 279 g/mol. The van der Waals surface area contributed by atoms with Crippen molar-refractivity contribution in [3.05, 3.63) is 11.8 Å². The third-order valence-corrected chi connectivity index (χ3v) is 3.47. The lowest BCUT2D eigenvalue weighted by Gasteiger charge is -2.30. The number of hydrogen-bond acceptors (Lipinski definition) is 4. The maximum Gasteiger partial charge on any atom is 0.305 e. The number of nitriles is 1. The van der Waals surface area contributed by atoms with Gasteiger partial charge in [0.25, 0.3) is 5.91 Å². The largest absolute Gasteiger partial charge is 0.481 e. The van der Waals surface area contributed by atoms with Gasteiger partial charge in [0.05, 0.1) is 6.42 Å². The highest BCUT2D eigenvalue weighted by molar-refractivity contribution is 5.97. The smallest absolute Gasteiger partial charge is 0.305 e. The van der Waals surface area contributed by atoms with Crippen LogP contribution in [0.25, 0.3) is 0 Å². The normalized spacial score (nSPS) is 16.3. The number of rotatable bonds is 6. The quantitative estimate of drug-likeness (QED) is 0.564. The van der Waals surface area contributed by atoms with Crippen LogP contribution in [0.4, 0.5) is 0 Å². The van der Waals surface area contributed by atoms with Crippen LogP contribution < -0.4 is 5.32 Å². The zero-order valence-corrected chi connectivity index (χ0v) is 11.8. The van der Waals surface area contributed by atoms with Crippen LogP contribution in [0.1, 0.15) is 38.5 Å². The Morgan fingerprint density at radius 1 is 1.40 bits per heavy atom. The predicted octanol–water partition coefficient (Wildman–Crippen LogP) is 1.25. The zero-order chi connectivity index (χ0) is 15.0. The first-order chi connectivity index (χ1) is 9.54. The van der Waals surface area contributed by atoms with E-state index in [2.05, 4.69) is 5.32 Å². The second-order valence-electron chi connectivity index (χ2n) is 5.01. The van der Waals surface area contributed by atoms with Crippen LogP contribution in [0.5, 0.6) is 0 Å². The Labute approximate surface area is 119 Å². The summed E-state index contributed by atoms with van der Waals surface area (Å²) >= 11 is 0. The molecule has 0 saturated heterocycles. The zero-order valence-electron chi connectivity index (χ0n) is 11.8. The number of nitrogens with one attached hydrogen (secondary N) is 1. The number of carbonyl (C=O) groups excluding carboxylic acids is 1. The van der Waals surface area contributed by atoms with E-state index in [9.17, 15) is 9.59 Å². The molecule has 0 heterocycles. The number of carboxylic acid groups (broad SMARTS) is 1. The van der Waals surface area contributed by atoms with E-state index in [0.717, 1.165) is 12.8 Å². The number of carboxylic acids is 1. The molecule has 0 aromatic rings. The molecule has 1 rings (SSSR count). The fraction of sp³-hybridized carbons (Fsp3) is 0.643. The lowest BCUT2D eigenvalue weighted by atomic mass is 9.94. The Bertz CT molecular complexity index is 420. The Morgan fingerprint density at radius 2 is 2.05 bits per heavy atom. The van der Waals surface area contributed by atoms with Gasteiger partial charge in [0.15, 0.2) is 0 Å². The van der Waals surface area contributed by atoms with Crippen LogP contribution in [0.15, 0.2) is 11.8 Å². The standard InChI is InChI=1S/C14H21N3O3/c1-17(12-5-3-2-4-6-12)10-11(9-15)14(20)16-8-7-13(18)19/h10,12H,2-8H2,1H3,(H,16,20)(H,18,19)/b11-10-. The number of aliphatic carboxylic acids is 1. The Balaban J connectivity index is 2.54. The molecule has 110 valence electrons. The molecule has 2 N–H and O–H groups in total. The molecule has 0 aromatic heterocycles. The molecular formula is C14H21N3O3. The van der Waals surface area contributed by atoms with E-state index < -0.39 is 11.9 Å². The van der Waals surface area contributed by atoms with Crippen molar-refractivity contribution in [3.63, 3.8) is 0 Å². The van der Waals surface area contributed by atoms with Crippen LogP contribution in [-0.4, -0.2) is 41.5 Å². The first-order valence-electron chi connectivity index (χ1n) is 6.88. The Kier molecular flexibility index (Phi) is 6.57. The number of carbonyl (C=O) groups is 2. The minimum Gasteiger partial charge on any atom is -0.481 e. The minimum absolute atomic E-state index is 0.0171. The van der Waals surface area contributed by atoms with Crippen molar-refractivity contribution in [1.29, 1.82) is 5.26 Å². The van der Waals surface area contributed by atoms with Gasteiger partial charge in [-0.25, -0.2) is 0 Å². The molecule has 1 saturated carbocycles. The van der Waals surface area contributed by atoms with E-state index >= 15 is 0 Å². The molecule has 0 aliphatic heterocycles. The highest BCUT2D eigenvalue weighted by Gasteiger charge is 2.18. The van der Waals surface area contributed by atoms with E-state index in [1.807, 2.05) is 18.0 Å². The maximum atomic E-state index is 11.8. The van der Waals surface area contributed by atoms with Gasteiger partial charge in [-0.1, -0.05) is 19.3 Å². The Morgan fingerprint density at radius 3 is 2.60 bits per heavy atom. The molecule has 1 fully saturated rings. The maximum absolute atomic E-state index is 11.8. The number of nitrogens with zero attached hydrogens (tertiary/aromatic N) is 2. The fourth-order valence-corrected chi connectivity index (χ4v) is 2.31. The van der Waals surface area contributed by atoms with Gasteiger partial charge in [0, 0.05) is 25.8 Å². The molecule has 0 atom stereocenters. The molecule has 0 bridgehead atoms. The van der Waals surface area contributed by atoms with E-state index in [4.69, 9.17) is 10.4 Å². The molecule has 0 spiro atoms. The van der Waals surface area contributed by atoms with Crippen LogP contribution >= 0.6 is 0 Å². The summed E-state index contributed by atoms with van der Waals surface area (Å²) in [5, 5.41) is 20.0. The molecule has 0 unspecified atom stereocenters. The number of amides is 1. The van der Waals surface area contributed by atoms with Crippen LogP contribution in [0.3, 0.4) is 0 Å². The van der Waals surface area contributed by atoms with E-state index in [0.29, 0.717) is 6.04 Å². The van der Waals surface area contributed by atoms with Crippen LogP contribution in [0.2, 0.25) is 0 Å². The van der Waals surface area contributed by atoms with Crippen LogP contribution in [0, 0.1) is 11.3 Å². The van der Waals surface area contributed by atoms with Crippen molar-refractivity contribution in [1.82, 2.24) is 10.2 Å². The summed E-state index contributed by atoms with van der Waals surface area (Å²) in [5.41, 5.74) is 0.0171. The molecule has 1 aliphatic carbocycles. The topological polar surface area (TPSA) is 93.4 Å². The lowest BCUT2D eigenvalue weighted by Crippen LogP contribution is -2.32. The van der Waals surface area contributed by atoms with E-state index in [-0.39, 0.29) is 18.5 Å². The first-order valence-corrected chi connectivity index (χ1v) is 6.88. The van der Waals surface area contributed by atoms with Crippen molar-refractivity contribution in [2.75, 3.05) is 13.6 Å². The fourth-order valence-electron chi connectivity index (χ4n) is 2.31. The average Bonchev–Trinajstić information content (AvgIpc) is 2.44. The molecular weight excluding hydrogens is 258 g/mol. The molecule has 6 nitrogen and oxygen atoms in total. The molecule has 0 aromatic carbocycles. The Hall–Kier alpha value is -2.03. The van der Waals surface area contributed by atoms with Crippen molar-refractivity contribution in [2.45, 2.75) is 44.6 Å². The van der Waals surface area contributed by atoms with E-state index in [1.54, 1.807) is 6.20 Å². The molecule has 20 heavy (non-hydrogen) atoms. The van der Waals surface area contributed by atoms with E-state index in [1.165, 1.54) is 19.3 Å². The summed E-state index contributed by atoms with van der Waals surface area (Å²) in [6, 6.07) is 2.24. The van der Waals surface area contributed by atoms with Gasteiger partial charge in [-0.05, 0) is 12.8 Å². The van der Waals surface area contributed by atoms with Gasteiger partial charge in [-0.2, -0.15) is 5.26 Å². The summed E-state index contributed by atoms with van der Waals surface area (Å²) < 4.78 is 0. The SMILES string of the molecule is CN(/C=C(/C#N)C(=O)NCCC(=O)O)C1CCCCC1. The van der Waals surface area contributed by atoms with Gasteiger partial charge in [-0.3, -0.25) is 9.59 Å². The van der Waals surface area contributed by atoms with Gasteiger partial charge < -0.3 is 15.3 Å². The van der Waals surface area contributed by atoms with Crippen molar-refractivity contribution in [3.8, 4) is 6.07 Å². The predicted molar refractivity (Wildman–Crippen MR) is 73.6 cm³/mol. The lowest BCUT2D eigenvalue weighted by molar-refractivity contribution is -0.136. The third-order valence-electron chi connectivity index (χ3n) is 3.47.